The van der Waals surface area contributed by atoms with Crippen molar-refractivity contribution < 1.29 is 23.9 Å². The Labute approximate surface area is 212 Å². The van der Waals surface area contributed by atoms with E-state index in [0.717, 1.165) is 21.1 Å². The minimum Gasteiger partial charge on any atom is -0.454 e. The number of carbonyl (C=O) groups excluding carboxylic acids is 4. The number of Topliss-reactive ketones (excluding diaryl/α,β-unsaturated/α-hetero) is 1. The molecule has 2 heterocycles. The number of halogens is 1. The van der Waals surface area contributed by atoms with Crippen molar-refractivity contribution in [3.8, 4) is 0 Å². The largest absolute Gasteiger partial charge is 0.454 e. The maximum absolute atomic E-state index is 12.9. The zero-order chi connectivity index (χ0) is 25.1. The van der Waals surface area contributed by atoms with Crippen molar-refractivity contribution in [3.63, 3.8) is 0 Å². The Morgan fingerprint density at radius 2 is 1.60 bits per heavy atom. The number of aromatic nitrogens is 2. The van der Waals surface area contributed by atoms with E-state index in [-0.39, 0.29) is 34.6 Å². The van der Waals surface area contributed by atoms with Gasteiger partial charge < -0.3 is 16.2 Å². The van der Waals surface area contributed by atoms with Gasteiger partial charge in [0.1, 0.15) is 16.9 Å². The van der Waals surface area contributed by atoms with Gasteiger partial charge in [0.05, 0.1) is 11.3 Å². The molecule has 0 saturated carbocycles. The van der Waals surface area contributed by atoms with E-state index in [4.69, 9.17) is 16.2 Å². The predicted molar refractivity (Wildman–Crippen MR) is 133 cm³/mol. The Balaban J connectivity index is 1.39. The number of nitrogen functional groups attached to an aromatic ring is 2. The van der Waals surface area contributed by atoms with Gasteiger partial charge in [0, 0.05) is 22.5 Å². The van der Waals surface area contributed by atoms with Crippen LogP contribution >= 0.6 is 27.7 Å². The van der Waals surface area contributed by atoms with Gasteiger partial charge in [-0.1, -0.05) is 39.8 Å². The number of amides is 2. The zero-order valence-electron chi connectivity index (χ0n) is 18.0. The van der Waals surface area contributed by atoms with E-state index in [1.54, 1.807) is 24.3 Å². The van der Waals surface area contributed by atoms with Gasteiger partial charge >= 0.3 is 5.97 Å². The molecule has 178 valence electrons. The van der Waals surface area contributed by atoms with E-state index in [2.05, 4.69) is 25.9 Å². The highest BCUT2D eigenvalue weighted by molar-refractivity contribution is 9.10. The minimum absolute atomic E-state index is 0.0521. The number of benzene rings is 2. The van der Waals surface area contributed by atoms with Crippen LogP contribution in [0.25, 0.3) is 0 Å². The van der Waals surface area contributed by atoms with Gasteiger partial charge in [-0.15, -0.1) is 0 Å². The lowest BCUT2D eigenvalue weighted by Gasteiger charge is -2.15. The van der Waals surface area contributed by atoms with Crippen molar-refractivity contribution in [1.82, 2.24) is 9.97 Å². The van der Waals surface area contributed by atoms with Crippen molar-refractivity contribution in [2.75, 3.05) is 23.0 Å². The first kappa shape index (κ1) is 24.4. The molecule has 1 aliphatic heterocycles. The molecule has 1 saturated heterocycles. The van der Waals surface area contributed by atoms with Gasteiger partial charge in [0.15, 0.2) is 17.5 Å². The first-order chi connectivity index (χ1) is 16.7. The molecule has 0 radical (unpaired) electrons. The number of esters is 1. The number of carbonyl (C=O) groups is 4. The highest BCUT2D eigenvalue weighted by Gasteiger charge is 2.40. The Morgan fingerprint density at radius 1 is 1.00 bits per heavy atom. The third-order valence-electron chi connectivity index (χ3n) is 4.96. The van der Waals surface area contributed by atoms with Gasteiger partial charge in [-0.2, -0.15) is 0 Å². The van der Waals surface area contributed by atoms with Crippen LogP contribution in [0.1, 0.15) is 27.1 Å². The number of anilines is 3. The average Bonchev–Trinajstić information content (AvgIpc) is 3.09. The van der Waals surface area contributed by atoms with E-state index in [1.165, 1.54) is 30.3 Å². The molecule has 0 aliphatic carbocycles. The van der Waals surface area contributed by atoms with E-state index in [1.807, 2.05) is 0 Å². The first-order valence-corrected chi connectivity index (χ1v) is 11.9. The molecule has 1 aromatic heterocycles. The standard InChI is InChI=1S/C23H18BrN5O5S/c24-14-5-1-12(2-6-14)16(30)11-34-22(33)13-3-7-15(8-4-13)29-20(31)9-17(21(29)32)35-23-27-18(25)10-19(26)28-23/h1-8,10,17H,9,11H2,(H4,25,26,27,28). The van der Waals surface area contributed by atoms with Crippen LogP contribution in [-0.2, 0) is 14.3 Å². The Bertz CT molecular complexity index is 1300. The highest BCUT2D eigenvalue weighted by Crippen LogP contribution is 2.33. The Morgan fingerprint density at radius 3 is 2.23 bits per heavy atom. The molecular weight excluding hydrogens is 538 g/mol. The summed E-state index contributed by atoms with van der Waals surface area (Å²) in [6.07, 6.45) is -0.0521. The van der Waals surface area contributed by atoms with Crippen LogP contribution in [0.5, 0.6) is 0 Å². The maximum atomic E-state index is 12.9. The number of ether oxygens (including phenoxy) is 1. The molecule has 1 unspecified atom stereocenters. The Kier molecular flexibility index (Phi) is 7.12. The fourth-order valence-electron chi connectivity index (χ4n) is 3.29. The summed E-state index contributed by atoms with van der Waals surface area (Å²) < 4.78 is 5.93. The van der Waals surface area contributed by atoms with Gasteiger partial charge in [-0.05, 0) is 36.4 Å². The minimum atomic E-state index is -0.738. The predicted octanol–water partition coefficient (Wildman–Crippen LogP) is 2.87. The SMILES string of the molecule is Nc1cc(N)nc(SC2CC(=O)N(c3ccc(C(=O)OCC(=O)c4ccc(Br)cc4)cc3)C2=O)n1. The molecule has 10 nitrogen and oxygen atoms in total. The molecule has 0 bridgehead atoms. The molecule has 1 aliphatic rings. The first-order valence-electron chi connectivity index (χ1n) is 10.2. The van der Waals surface area contributed by atoms with E-state index >= 15 is 0 Å². The topological polar surface area (TPSA) is 159 Å². The summed E-state index contributed by atoms with van der Waals surface area (Å²) in [5.41, 5.74) is 12.2. The zero-order valence-corrected chi connectivity index (χ0v) is 20.4. The van der Waals surface area contributed by atoms with Crippen LogP contribution in [0.4, 0.5) is 17.3 Å². The fourth-order valence-corrected chi connectivity index (χ4v) is 4.56. The quantitative estimate of drug-likeness (QED) is 0.192. The van der Waals surface area contributed by atoms with Gasteiger partial charge in [-0.25, -0.2) is 19.7 Å². The summed E-state index contributed by atoms with van der Waals surface area (Å²) in [7, 11) is 0. The van der Waals surface area contributed by atoms with E-state index < -0.39 is 29.6 Å². The molecule has 35 heavy (non-hydrogen) atoms. The smallest absolute Gasteiger partial charge is 0.338 e. The third-order valence-corrected chi connectivity index (χ3v) is 6.53. The summed E-state index contributed by atoms with van der Waals surface area (Å²) in [5.74, 6) is -1.57. The van der Waals surface area contributed by atoms with E-state index in [9.17, 15) is 19.2 Å². The summed E-state index contributed by atoms with van der Waals surface area (Å²) in [6.45, 7) is -0.416. The number of rotatable bonds is 7. The second-order valence-electron chi connectivity index (χ2n) is 7.43. The molecule has 12 heteroatoms. The lowest BCUT2D eigenvalue weighted by atomic mass is 10.1. The highest BCUT2D eigenvalue weighted by atomic mass is 79.9. The van der Waals surface area contributed by atoms with Crippen LogP contribution in [0.3, 0.4) is 0 Å². The number of hydrogen-bond acceptors (Lipinski definition) is 10. The van der Waals surface area contributed by atoms with Crippen molar-refractivity contribution in [1.29, 1.82) is 0 Å². The number of hydrogen-bond donors (Lipinski definition) is 2. The summed E-state index contributed by atoms with van der Waals surface area (Å²) >= 11 is 4.29. The van der Waals surface area contributed by atoms with Crippen LogP contribution in [-0.4, -0.2) is 45.4 Å². The van der Waals surface area contributed by atoms with Crippen molar-refractivity contribution >= 4 is 68.6 Å². The second-order valence-corrected chi connectivity index (χ2v) is 9.52. The number of ketones is 1. The van der Waals surface area contributed by atoms with Crippen LogP contribution in [0.2, 0.25) is 0 Å². The monoisotopic (exact) mass is 555 g/mol. The summed E-state index contributed by atoms with van der Waals surface area (Å²) in [5, 5.41) is -0.538. The number of thioether (sulfide) groups is 1. The molecule has 2 aromatic carbocycles. The normalized spacial score (nSPS) is 15.3. The van der Waals surface area contributed by atoms with Crippen molar-refractivity contribution in [2.24, 2.45) is 0 Å². The van der Waals surface area contributed by atoms with E-state index in [0.29, 0.717) is 11.3 Å². The summed E-state index contributed by atoms with van der Waals surface area (Å²) in [4.78, 5) is 59.0. The fraction of sp³-hybridized carbons (Fsp3) is 0.130. The third kappa shape index (κ3) is 5.66. The number of nitrogens with two attached hydrogens (primary N) is 2. The lowest BCUT2D eigenvalue weighted by Crippen LogP contribution is -2.31. The molecule has 0 spiro atoms. The number of nitrogens with zero attached hydrogens (tertiary/aromatic N) is 3. The van der Waals surface area contributed by atoms with Gasteiger partial charge in [0.25, 0.3) is 0 Å². The van der Waals surface area contributed by atoms with Crippen LogP contribution in [0, 0.1) is 0 Å². The second kappa shape index (κ2) is 10.2. The molecule has 1 atom stereocenters. The lowest BCUT2D eigenvalue weighted by molar-refractivity contribution is -0.121. The molecule has 4 rings (SSSR count). The van der Waals surface area contributed by atoms with Gasteiger partial charge in [0.2, 0.25) is 11.8 Å². The average molecular weight is 556 g/mol. The van der Waals surface area contributed by atoms with Gasteiger partial charge in [-0.3, -0.25) is 14.4 Å². The summed E-state index contributed by atoms with van der Waals surface area (Å²) in [6, 6.07) is 13.8. The van der Waals surface area contributed by atoms with Crippen molar-refractivity contribution in [2.45, 2.75) is 16.8 Å². The molecule has 1 fully saturated rings. The van der Waals surface area contributed by atoms with Crippen LogP contribution in [0.15, 0.2) is 64.2 Å². The number of imide groups is 1. The molecular formula is C23H18BrN5O5S. The Hall–Kier alpha value is -3.77. The molecule has 2 amide bonds. The molecule has 3 aromatic rings. The van der Waals surface area contributed by atoms with Crippen LogP contribution < -0.4 is 16.4 Å². The van der Waals surface area contributed by atoms with Crippen molar-refractivity contribution in [3.05, 3.63) is 70.2 Å². The molecule has 4 N–H and O–H groups in total. The maximum Gasteiger partial charge on any atom is 0.338 e.